The van der Waals surface area contributed by atoms with Gasteiger partial charge in [-0.1, -0.05) is 0 Å². The molecule has 6 heteroatoms. The Hall–Kier alpha value is -1.69. The third kappa shape index (κ3) is 1.25. The zero-order valence-electron chi connectivity index (χ0n) is 8.02. The Morgan fingerprint density at radius 2 is 2.33 bits per heavy atom. The molecular formula is C9H8N4OS. The number of anilines is 1. The Labute approximate surface area is 90.2 Å². The molecule has 2 aromatic heterocycles. The van der Waals surface area contributed by atoms with Gasteiger partial charge in [0.05, 0.1) is 16.6 Å². The molecule has 0 saturated carbocycles. The number of hydrogen-bond acceptors (Lipinski definition) is 6. The smallest absolute Gasteiger partial charge is 0.223 e. The average molecular weight is 220 g/mol. The van der Waals surface area contributed by atoms with Crippen molar-refractivity contribution in [2.75, 3.05) is 12.4 Å². The second-order valence-electron chi connectivity index (χ2n) is 3.07. The number of aromatic nitrogens is 3. The van der Waals surface area contributed by atoms with Gasteiger partial charge in [0.1, 0.15) is 18.0 Å². The molecule has 0 spiro atoms. The van der Waals surface area contributed by atoms with Gasteiger partial charge in [-0.25, -0.2) is 15.0 Å². The fraction of sp³-hybridized carbons (Fsp3) is 0.222. The van der Waals surface area contributed by atoms with E-state index in [1.54, 1.807) is 24.6 Å². The topological polar surface area (TPSA) is 59.9 Å². The van der Waals surface area contributed by atoms with Crippen LogP contribution in [0.25, 0.3) is 11.4 Å². The summed E-state index contributed by atoms with van der Waals surface area (Å²) < 4.78 is 5.53. The first-order valence-corrected chi connectivity index (χ1v) is 5.37. The molecule has 15 heavy (non-hydrogen) atoms. The van der Waals surface area contributed by atoms with Crippen LogP contribution in [0.3, 0.4) is 0 Å². The van der Waals surface area contributed by atoms with E-state index in [0.29, 0.717) is 18.3 Å². The van der Waals surface area contributed by atoms with Gasteiger partial charge in [0, 0.05) is 7.05 Å². The number of hydrogen-bond donors (Lipinski definition) is 1. The maximum Gasteiger partial charge on any atom is 0.223 e. The highest BCUT2D eigenvalue weighted by Crippen LogP contribution is 2.36. The van der Waals surface area contributed by atoms with Crippen molar-refractivity contribution < 1.29 is 4.74 Å². The summed E-state index contributed by atoms with van der Waals surface area (Å²) in [7, 11) is 1.79. The van der Waals surface area contributed by atoms with Gasteiger partial charge in [0.25, 0.3) is 0 Å². The van der Waals surface area contributed by atoms with Gasteiger partial charge in [-0.2, -0.15) is 0 Å². The van der Waals surface area contributed by atoms with Gasteiger partial charge >= 0.3 is 0 Å². The van der Waals surface area contributed by atoms with E-state index in [0.717, 1.165) is 16.3 Å². The van der Waals surface area contributed by atoms with E-state index in [2.05, 4.69) is 20.3 Å². The van der Waals surface area contributed by atoms with E-state index in [1.807, 2.05) is 5.51 Å². The molecule has 0 atom stereocenters. The molecule has 0 amide bonds. The van der Waals surface area contributed by atoms with Crippen LogP contribution in [0.4, 0.5) is 5.95 Å². The fourth-order valence-corrected chi connectivity index (χ4v) is 2.15. The van der Waals surface area contributed by atoms with Crippen LogP contribution in [0.5, 0.6) is 5.75 Å². The Balaban J connectivity index is 2.21. The summed E-state index contributed by atoms with van der Waals surface area (Å²) in [5.74, 6) is 1.28. The van der Waals surface area contributed by atoms with E-state index in [1.165, 1.54) is 0 Å². The van der Waals surface area contributed by atoms with E-state index < -0.39 is 0 Å². The van der Waals surface area contributed by atoms with Gasteiger partial charge in [-0.3, -0.25) is 0 Å². The van der Waals surface area contributed by atoms with Crippen molar-refractivity contribution in [3.05, 3.63) is 16.6 Å². The molecule has 0 bridgehead atoms. The Kier molecular flexibility index (Phi) is 1.81. The molecule has 5 nitrogen and oxygen atoms in total. The minimum Gasteiger partial charge on any atom is -0.484 e. The maximum atomic E-state index is 5.53. The van der Waals surface area contributed by atoms with Crippen LogP contribution in [0.2, 0.25) is 0 Å². The van der Waals surface area contributed by atoms with Crippen LogP contribution < -0.4 is 10.1 Å². The lowest BCUT2D eigenvalue weighted by Gasteiger charge is -2.15. The first-order valence-electron chi connectivity index (χ1n) is 4.49. The van der Waals surface area contributed by atoms with Crippen LogP contribution in [-0.2, 0) is 6.61 Å². The molecule has 0 saturated heterocycles. The highest BCUT2D eigenvalue weighted by atomic mass is 32.1. The molecular weight excluding hydrogens is 212 g/mol. The fourth-order valence-electron chi connectivity index (χ4n) is 1.48. The number of nitrogens with zero attached hydrogens (tertiary/aromatic N) is 3. The zero-order valence-corrected chi connectivity index (χ0v) is 8.84. The Bertz CT molecular complexity index is 511. The lowest BCUT2D eigenvalue weighted by atomic mass is 10.2. The van der Waals surface area contributed by atoms with Gasteiger partial charge in [0.15, 0.2) is 5.75 Å². The van der Waals surface area contributed by atoms with Gasteiger partial charge in [-0.05, 0) is 0 Å². The van der Waals surface area contributed by atoms with Crippen LogP contribution in [-0.4, -0.2) is 22.0 Å². The summed E-state index contributed by atoms with van der Waals surface area (Å²) in [5.41, 5.74) is 3.50. The third-order valence-electron chi connectivity index (χ3n) is 2.20. The van der Waals surface area contributed by atoms with Crippen molar-refractivity contribution in [3.63, 3.8) is 0 Å². The summed E-state index contributed by atoms with van der Waals surface area (Å²) in [6.07, 6.45) is 1.68. The van der Waals surface area contributed by atoms with Crippen molar-refractivity contribution in [2.24, 2.45) is 0 Å². The second kappa shape index (κ2) is 3.16. The first-order chi connectivity index (χ1) is 7.38. The van der Waals surface area contributed by atoms with Crippen molar-refractivity contribution in [1.29, 1.82) is 0 Å². The predicted molar refractivity (Wildman–Crippen MR) is 57.0 cm³/mol. The maximum absolute atomic E-state index is 5.53. The predicted octanol–water partition coefficient (Wildman–Crippen LogP) is 1.53. The normalized spacial score (nSPS) is 12.6. The Morgan fingerprint density at radius 1 is 1.40 bits per heavy atom. The summed E-state index contributed by atoms with van der Waals surface area (Å²) in [6.45, 7) is 0.565. The SMILES string of the molecule is CNc1ncc2c(n1)-c1ncsc1CO2. The largest absolute Gasteiger partial charge is 0.484 e. The standard InChI is InChI=1S/C9H8N4OS/c1-10-9-11-2-5-7(13-9)8-6(3-14-5)15-4-12-8/h2,4H,3H2,1H3,(H,10,11,13). The molecule has 2 aromatic rings. The van der Waals surface area contributed by atoms with E-state index in [-0.39, 0.29) is 0 Å². The highest BCUT2D eigenvalue weighted by Gasteiger charge is 2.21. The minimum atomic E-state index is 0.565. The lowest BCUT2D eigenvalue weighted by molar-refractivity contribution is 0.303. The molecule has 0 unspecified atom stereocenters. The lowest BCUT2D eigenvalue weighted by Crippen LogP contribution is -2.07. The molecule has 0 fully saturated rings. The van der Waals surface area contributed by atoms with Crippen molar-refractivity contribution >= 4 is 17.3 Å². The molecule has 1 N–H and O–H groups in total. The molecule has 0 radical (unpaired) electrons. The summed E-state index contributed by atoms with van der Waals surface area (Å²) >= 11 is 1.59. The van der Waals surface area contributed by atoms with Crippen LogP contribution in [0.1, 0.15) is 4.88 Å². The molecule has 3 rings (SSSR count). The molecule has 3 heterocycles. The van der Waals surface area contributed by atoms with E-state index >= 15 is 0 Å². The number of fused-ring (bicyclic) bond motifs is 3. The quantitative estimate of drug-likeness (QED) is 0.789. The molecule has 1 aliphatic heterocycles. The van der Waals surface area contributed by atoms with Gasteiger partial charge < -0.3 is 10.1 Å². The van der Waals surface area contributed by atoms with Crippen molar-refractivity contribution in [2.45, 2.75) is 6.61 Å². The zero-order chi connectivity index (χ0) is 10.3. The molecule has 0 aromatic carbocycles. The molecule has 76 valence electrons. The molecule has 0 aliphatic carbocycles. The van der Waals surface area contributed by atoms with Crippen molar-refractivity contribution in [3.8, 4) is 17.1 Å². The van der Waals surface area contributed by atoms with Crippen LogP contribution in [0, 0.1) is 0 Å². The number of nitrogens with one attached hydrogen (secondary N) is 1. The minimum absolute atomic E-state index is 0.565. The summed E-state index contributed by atoms with van der Waals surface area (Å²) in [6, 6.07) is 0. The summed E-state index contributed by atoms with van der Waals surface area (Å²) in [5, 5.41) is 2.90. The highest BCUT2D eigenvalue weighted by molar-refractivity contribution is 7.10. The van der Waals surface area contributed by atoms with Crippen LogP contribution in [0.15, 0.2) is 11.7 Å². The number of ether oxygens (including phenoxy) is 1. The van der Waals surface area contributed by atoms with E-state index in [9.17, 15) is 0 Å². The van der Waals surface area contributed by atoms with Crippen LogP contribution >= 0.6 is 11.3 Å². The molecule has 1 aliphatic rings. The Morgan fingerprint density at radius 3 is 3.20 bits per heavy atom. The monoisotopic (exact) mass is 220 g/mol. The second-order valence-corrected chi connectivity index (χ2v) is 4.01. The summed E-state index contributed by atoms with van der Waals surface area (Å²) in [4.78, 5) is 13.8. The van der Waals surface area contributed by atoms with Crippen molar-refractivity contribution in [1.82, 2.24) is 15.0 Å². The average Bonchev–Trinajstić information content (AvgIpc) is 2.76. The van der Waals surface area contributed by atoms with Gasteiger partial charge in [0.2, 0.25) is 5.95 Å². The third-order valence-corrected chi connectivity index (χ3v) is 3.01. The first kappa shape index (κ1) is 8.60. The number of rotatable bonds is 1. The van der Waals surface area contributed by atoms with E-state index in [4.69, 9.17) is 4.74 Å². The number of thiazole rings is 1. The van der Waals surface area contributed by atoms with Gasteiger partial charge in [-0.15, -0.1) is 11.3 Å².